The molecule has 0 fully saturated rings. The molecule has 0 bridgehead atoms. The Bertz CT molecular complexity index is 624. The topological polar surface area (TPSA) is 72.2 Å². The molecule has 0 saturated heterocycles. The summed E-state index contributed by atoms with van der Waals surface area (Å²) in [5.41, 5.74) is 0.897. The van der Waals surface area contributed by atoms with Crippen LogP contribution in [0.1, 0.15) is 44.0 Å². The van der Waals surface area contributed by atoms with Gasteiger partial charge in [-0.3, -0.25) is 4.79 Å². The molecule has 0 atom stereocenters. The van der Waals surface area contributed by atoms with Crippen LogP contribution in [0.2, 0.25) is 0 Å². The highest BCUT2D eigenvalue weighted by atomic mass is 16.2. The van der Waals surface area contributed by atoms with Crippen molar-refractivity contribution in [2.45, 2.75) is 34.6 Å². The zero-order valence-electron chi connectivity index (χ0n) is 13.3. The monoisotopic (exact) mass is 289 g/mol. The lowest BCUT2D eigenvalue weighted by Crippen LogP contribution is -2.34. The summed E-state index contributed by atoms with van der Waals surface area (Å²) < 4.78 is 1.58. The highest BCUT2D eigenvalue weighted by molar-refractivity contribution is 5.90. The average molecular weight is 289 g/mol. The van der Waals surface area contributed by atoms with Crippen molar-refractivity contribution < 1.29 is 4.79 Å². The van der Waals surface area contributed by atoms with E-state index >= 15 is 0 Å². The average Bonchev–Trinajstić information content (AvgIpc) is 2.83. The van der Waals surface area contributed by atoms with E-state index in [-0.39, 0.29) is 11.7 Å². The van der Waals surface area contributed by atoms with Gasteiger partial charge < -0.3 is 5.32 Å². The molecule has 0 aromatic carbocycles. The van der Waals surface area contributed by atoms with Gasteiger partial charge in [0.25, 0.3) is 11.7 Å². The van der Waals surface area contributed by atoms with Crippen molar-refractivity contribution in [3.63, 3.8) is 0 Å². The van der Waals surface area contributed by atoms with Crippen LogP contribution in [0.5, 0.6) is 0 Å². The van der Waals surface area contributed by atoms with Crippen LogP contribution in [0.15, 0.2) is 12.3 Å². The number of aromatic nitrogens is 4. The lowest BCUT2D eigenvalue weighted by Gasteiger charge is -2.24. The molecule has 2 aromatic heterocycles. The van der Waals surface area contributed by atoms with Gasteiger partial charge in [-0.2, -0.15) is 4.98 Å². The standard InChI is InChI=1S/C15H23N5O/c1-9(2)12(10(3)4)8-17-14(21)13-18-15-16-7-6-11(5)20(15)19-13/h6-7,9-10,12H,8H2,1-5H3,(H,17,21). The molecule has 2 heterocycles. The minimum Gasteiger partial charge on any atom is -0.349 e. The van der Waals surface area contributed by atoms with Gasteiger partial charge in [0.15, 0.2) is 0 Å². The van der Waals surface area contributed by atoms with Crippen molar-refractivity contribution in [2.24, 2.45) is 17.8 Å². The molecule has 6 heteroatoms. The Morgan fingerprint density at radius 2 is 1.95 bits per heavy atom. The molecule has 0 aliphatic heterocycles. The maximum Gasteiger partial charge on any atom is 0.291 e. The number of carbonyl (C=O) groups is 1. The van der Waals surface area contributed by atoms with E-state index in [1.54, 1.807) is 10.7 Å². The van der Waals surface area contributed by atoms with Crippen molar-refractivity contribution in [1.29, 1.82) is 0 Å². The van der Waals surface area contributed by atoms with Gasteiger partial charge in [-0.25, -0.2) is 9.50 Å². The fraction of sp³-hybridized carbons (Fsp3) is 0.600. The molecule has 0 spiro atoms. The first kappa shape index (κ1) is 15.4. The molecule has 0 aliphatic rings. The van der Waals surface area contributed by atoms with Gasteiger partial charge in [-0.15, -0.1) is 5.10 Å². The van der Waals surface area contributed by atoms with Crippen LogP contribution < -0.4 is 5.32 Å². The Morgan fingerprint density at radius 3 is 2.52 bits per heavy atom. The fourth-order valence-corrected chi connectivity index (χ4v) is 2.53. The first-order valence-electron chi connectivity index (χ1n) is 7.36. The number of hydrogen-bond acceptors (Lipinski definition) is 4. The van der Waals surface area contributed by atoms with E-state index in [9.17, 15) is 4.79 Å². The Kier molecular flexibility index (Phi) is 4.55. The second-order valence-electron chi connectivity index (χ2n) is 6.10. The first-order valence-corrected chi connectivity index (χ1v) is 7.36. The van der Waals surface area contributed by atoms with Crippen LogP contribution in [0.25, 0.3) is 5.78 Å². The maximum atomic E-state index is 12.2. The van der Waals surface area contributed by atoms with Crippen LogP contribution in [-0.4, -0.2) is 32.0 Å². The van der Waals surface area contributed by atoms with Gasteiger partial charge in [0.1, 0.15) is 0 Å². The summed E-state index contributed by atoms with van der Waals surface area (Å²) in [5, 5.41) is 7.15. The number of nitrogens with one attached hydrogen (secondary N) is 1. The highest BCUT2D eigenvalue weighted by Gasteiger charge is 2.20. The summed E-state index contributed by atoms with van der Waals surface area (Å²) in [6, 6.07) is 1.83. The molecular weight excluding hydrogens is 266 g/mol. The van der Waals surface area contributed by atoms with Crippen LogP contribution in [0, 0.1) is 24.7 Å². The van der Waals surface area contributed by atoms with Crippen molar-refractivity contribution in [3.8, 4) is 0 Å². The third-order valence-corrected chi connectivity index (χ3v) is 3.84. The normalized spacial score (nSPS) is 11.8. The van der Waals surface area contributed by atoms with E-state index in [0.717, 1.165) is 5.69 Å². The largest absolute Gasteiger partial charge is 0.349 e. The number of fused-ring (bicyclic) bond motifs is 1. The number of aryl methyl sites for hydroxylation is 1. The molecule has 0 unspecified atom stereocenters. The third-order valence-electron chi connectivity index (χ3n) is 3.84. The molecule has 1 N–H and O–H groups in total. The molecule has 0 saturated carbocycles. The number of amides is 1. The summed E-state index contributed by atoms with van der Waals surface area (Å²) >= 11 is 0. The van der Waals surface area contributed by atoms with Crippen LogP contribution >= 0.6 is 0 Å². The SMILES string of the molecule is Cc1ccnc2nc(C(=O)NCC(C(C)C)C(C)C)nn12. The molecule has 1 amide bonds. The Labute approximate surface area is 125 Å². The van der Waals surface area contributed by atoms with E-state index in [0.29, 0.717) is 30.1 Å². The number of hydrogen-bond donors (Lipinski definition) is 1. The summed E-state index contributed by atoms with van der Waals surface area (Å²) in [4.78, 5) is 20.5. The second kappa shape index (κ2) is 6.20. The summed E-state index contributed by atoms with van der Waals surface area (Å²) in [6.07, 6.45) is 1.66. The van der Waals surface area contributed by atoms with Crippen molar-refractivity contribution in [3.05, 3.63) is 23.8 Å². The van der Waals surface area contributed by atoms with Crippen LogP contribution in [0.3, 0.4) is 0 Å². The smallest absolute Gasteiger partial charge is 0.291 e. The lowest BCUT2D eigenvalue weighted by molar-refractivity contribution is 0.0927. The first-order chi connectivity index (χ1) is 9.90. The molecule has 2 rings (SSSR count). The number of rotatable bonds is 5. The van der Waals surface area contributed by atoms with Gasteiger partial charge in [-0.05, 0) is 30.7 Å². The van der Waals surface area contributed by atoms with Gasteiger partial charge in [0, 0.05) is 18.4 Å². The highest BCUT2D eigenvalue weighted by Crippen LogP contribution is 2.19. The van der Waals surface area contributed by atoms with Crippen LogP contribution in [-0.2, 0) is 0 Å². The molecule has 0 radical (unpaired) electrons. The molecule has 114 valence electrons. The molecule has 2 aromatic rings. The quantitative estimate of drug-likeness (QED) is 0.915. The fourth-order valence-electron chi connectivity index (χ4n) is 2.53. The van der Waals surface area contributed by atoms with Crippen molar-refractivity contribution in [1.82, 2.24) is 24.9 Å². The van der Waals surface area contributed by atoms with E-state index in [1.807, 2.05) is 13.0 Å². The van der Waals surface area contributed by atoms with E-state index in [1.165, 1.54) is 0 Å². The Balaban J connectivity index is 2.10. The Hall–Kier alpha value is -1.98. The summed E-state index contributed by atoms with van der Waals surface area (Å²) in [5.74, 6) is 1.84. The van der Waals surface area contributed by atoms with E-state index in [4.69, 9.17) is 0 Å². The minimum atomic E-state index is -0.244. The zero-order chi connectivity index (χ0) is 15.6. The summed E-state index contributed by atoms with van der Waals surface area (Å²) in [6.45, 7) is 11.2. The predicted molar refractivity (Wildman–Crippen MR) is 81.0 cm³/mol. The summed E-state index contributed by atoms with van der Waals surface area (Å²) in [7, 11) is 0. The second-order valence-corrected chi connectivity index (χ2v) is 6.10. The van der Waals surface area contributed by atoms with Crippen LogP contribution in [0.4, 0.5) is 0 Å². The van der Waals surface area contributed by atoms with E-state index < -0.39 is 0 Å². The molecule has 0 aliphatic carbocycles. The Morgan fingerprint density at radius 1 is 1.29 bits per heavy atom. The minimum absolute atomic E-state index is 0.170. The number of carbonyl (C=O) groups excluding carboxylic acids is 1. The van der Waals surface area contributed by atoms with E-state index in [2.05, 4.69) is 48.1 Å². The van der Waals surface area contributed by atoms with Gasteiger partial charge in [0.05, 0.1) is 0 Å². The molecule has 21 heavy (non-hydrogen) atoms. The van der Waals surface area contributed by atoms with Gasteiger partial charge in [-0.1, -0.05) is 27.7 Å². The lowest BCUT2D eigenvalue weighted by atomic mass is 9.85. The predicted octanol–water partition coefficient (Wildman–Crippen LogP) is 2.09. The van der Waals surface area contributed by atoms with Gasteiger partial charge in [0.2, 0.25) is 5.82 Å². The van der Waals surface area contributed by atoms with Gasteiger partial charge >= 0.3 is 0 Å². The van der Waals surface area contributed by atoms with Crippen molar-refractivity contribution >= 4 is 11.7 Å². The maximum absolute atomic E-state index is 12.2. The third kappa shape index (κ3) is 3.37. The molecule has 6 nitrogen and oxygen atoms in total. The van der Waals surface area contributed by atoms with Crippen molar-refractivity contribution in [2.75, 3.05) is 6.54 Å². The number of nitrogens with zero attached hydrogens (tertiary/aromatic N) is 4. The molecular formula is C15H23N5O. The zero-order valence-corrected chi connectivity index (χ0v) is 13.3.